The van der Waals surface area contributed by atoms with Crippen molar-refractivity contribution in [2.75, 3.05) is 14.2 Å². The highest BCUT2D eigenvalue weighted by Crippen LogP contribution is 2.33. The zero-order valence-electron chi connectivity index (χ0n) is 12.3. The number of rotatable bonds is 5. The fourth-order valence-corrected chi connectivity index (χ4v) is 2.13. The molecular weight excluding hydrogens is 268 g/mol. The second-order valence-electron chi connectivity index (χ2n) is 4.75. The zero-order valence-corrected chi connectivity index (χ0v) is 12.3. The summed E-state index contributed by atoms with van der Waals surface area (Å²) in [5.74, 6) is 0.0256. The van der Waals surface area contributed by atoms with Gasteiger partial charge in [-0.1, -0.05) is 24.3 Å². The van der Waals surface area contributed by atoms with E-state index in [1.807, 2.05) is 36.4 Å². The predicted octanol–water partition coefficient (Wildman–Crippen LogP) is 3.56. The van der Waals surface area contributed by atoms with Crippen molar-refractivity contribution < 1.29 is 19.4 Å². The van der Waals surface area contributed by atoms with Crippen molar-refractivity contribution in [3.63, 3.8) is 0 Å². The lowest BCUT2D eigenvalue weighted by Gasteiger charge is -2.13. The molecule has 0 fully saturated rings. The first-order chi connectivity index (χ1) is 10.1. The van der Waals surface area contributed by atoms with Gasteiger partial charge in [0.1, 0.15) is 11.5 Å². The Morgan fingerprint density at radius 1 is 1.05 bits per heavy atom. The van der Waals surface area contributed by atoms with E-state index in [1.165, 1.54) is 0 Å². The molecule has 0 aromatic heterocycles. The maximum Gasteiger partial charge on any atom is 0.310 e. The summed E-state index contributed by atoms with van der Waals surface area (Å²) in [6.07, 6.45) is 0. The van der Waals surface area contributed by atoms with Gasteiger partial charge in [-0.05, 0) is 36.2 Å². The van der Waals surface area contributed by atoms with Crippen LogP contribution in [0, 0.1) is 0 Å². The minimum absolute atomic E-state index is 0.566. The number of hydrogen-bond acceptors (Lipinski definition) is 3. The predicted molar refractivity (Wildman–Crippen MR) is 81.0 cm³/mol. The van der Waals surface area contributed by atoms with Gasteiger partial charge in [-0.3, -0.25) is 4.79 Å². The Hall–Kier alpha value is -2.49. The molecule has 0 heterocycles. The van der Waals surface area contributed by atoms with Gasteiger partial charge < -0.3 is 14.6 Å². The second-order valence-corrected chi connectivity index (χ2v) is 4.75. The number of methoxy groups -OCH3 is 2. The van der Waals surface area contributed by atoms with Crippen LogP contribution in [0.25, 0.3) is 11.1 Å². The highest BCUT2D eigenvalue weighted by Gasteiger charge is 2.16. The van der Waals surface area contributed by atoms with Crippen LogP contribution in [-0.2, 0) is 4.79 Å². The summed E-state index contributed by atoms with van der Waals surface area (Å²) in [6.45, 7) is 1.66. The normalized spacial score (nSPS) is 11.8. The molecule has 2 aromatic carbocycles. The Morgan fingerprint density at radius 2 is 1.71 bits per heavy atom. The van der Waals surface area contributed by atoms with Crippen LogP contribution >= 0.6 is 0 Å². The summed E-state index contributed by atoms with van der Waals surface area (Å²) in [6, 6.07) is 13.1. The van der Waals surface area contributed by atoms with Crippen LogP contribution in [0.5, 0.6) is 11.5 Å². The van der Waals surface area contributed by atoms with Crippen LogP contribution in [0.4, 0.5) is 0 Å². The Morgan fingerprint density at radius 3 is 2.24 bits per heavy atom. The summed E-state index contributed by atoms with van der Waals surface area (Å²) in [5.41, 5.74) is 2.63. The molecule has 1 N–H and O–H groups in total. The van der Waals surface area contributed by atoms with Gasteiger partial charge in [-0.15, -0.1) is 0 Å². The average Bonchev–Trinajstić information content (AvgIpc) is 2.53. The van der Waals surface area contributed by atoms with Gasteiger partial charge in [0.2, 0.25) is 0 Å². The number of ether oxygens (including phenoxy) is 2. The molecule has 0 aliphatic carbocycles. The number of carboxylic acid groups (broad SMARTS) is 1. The molecule has 0 saturated heterocycles. The molecule has 0 aliphatic rings. The third kappa shape index (κ3) is 3.16. The van der Waals surface area contributed by atoms with Gasteiger partial charge in [0.25, 0.3) is 0 Å². The van der Waals surface area contributed by atoms with Gasteiger partial charge in [0.05, 0.1) is 20.1 Å². The maximum absolute atomic E-state index is 11.1. The quantitative estimate of drug-likeness (QED) is 0.913. The first-order valence-electron chi connectivity index (χ1n) is 6.62. The van der Waals surface area contributed by atoms with Crippen LogP contribution in [0.1, 0.15) is 18.4 Å². The van der Waals surface area contributed by atoms with E-state index in [4.69, 9.17) is 14.6 Å². The van der Waals surface area contributed by atoms with Gasteiger partial charge in [-0.25, -0.2) is 0 Å². The van der Waals surface area contributed by atoms with E-state index in [9.17, 15) is 4.79 Å². The van der Waals surface area contributed by atoms with E-state index >= 15 is 0 Å². The molecule has 110 valence electrons. The summed E-state index contributed by atoms with van der Waals surface area (Å²) in [5, 5.41) is 9.09. The summed E-state index contributed by atoms with van der Waals surface area (Å²) in [7, 11) is 3.20. The summed E-state index contributed by atoms with van der Waals surface area (Å²) >= 11 is 0. The van der Waals surface area contributed by atoms with Crippen molar-refractivity contribution in [1.82, 2.24) is 0 Å². The van der Waals surface area contributed by atoms with Gasteiger partial charge in [0.15, 0.2) is 0 Å². The van der Waals surface area contributed by atoms with Crippen molar-refractivity contribution in [3.8, 4) is 22.6 Å². The molecule has 0 saturated carbocycles. The topological polar surface area (TPSA) is 55.8 Å². The molecule has 1 unspecified atom stereocenters. The Bertz CT molecular complexity index is 632. The Labute approximate surface area is 123 Å². The molecule has 4 nitrogen and oxygen atoms in total. The van der Waals surface area contributed by atoms with Crippen LogP contribution in [-0.4, -0.2) is 25.3 Å². The van der Waals surface area contributed by atoms with E-state index in [2.05, 4.69) is 0 Å². The number of hydrogen-bond donors (Lipinski definition) is 1. The molecule has 0 radical (unpaired) electrons. The molecular formula is C17H18O4. The average molecular weight is 286 g/mol. The summed E-state index contributed by atoms with van der Waals surface area (Å²) in [4.78, 5) is 11.1. The highest BCUT2D eigenvalue weighted by molar-refractivity contribution is 5.77. The molecule has 2 aromatic rings. The van der Waals surface area contributed by atoms with Crippen molar-refractivity contribution in [2.45, 2.75) is 12.8 Å². The van der Waals surface area contributed by atoms with Crippen molar-refractivity contribution in [1.29, 1.82) is 0 Å². The lowest BCUT2D eigenvalue weighted by Crippen LogP contribution is -2.07. The largest absolute Gasteiger partial charge is 0.497 e. The minimum atomic E-state index is -0.853. The third-order valence-corrected chi connectivity index (χ3v) is 3.50. The van der Waals surface area contributed by atoms with Gasteiger partial charge >= 0.3 is 5.97 Å². The van der Waals surface area contributed by atoms with E-state index in [1.54, 1.807) is 27.2 Å². The fraction of sp³-hybridized carbons (Fsp3) is 0.235. The zero-order chi connectivity index (χ0) is 15.4. The SMILES string of the molecule is COc1ccc(-c2ccc(C(C)C(=O)O)cc2OC)cc1. The van der Waals surface area contributed by atoms with Crippen molar-refractivity contribution in [3.05, 3.63) is 48.0 Å². The Balaban J connectivity index is 2.41. The van der Waals surface area contributed by atoms with E-state index < -0.39 is 11.9 Å². The molecule has 2 rings (SSSR count). The summed E-state index contributed by atoms with van der Waals surface area (Å²) < 4.78 is 10.5. The minimum Gasteiger partial charge on any atom is -0.497 e. The molecule has 0 aliphatic heterocycles. The molecule has 21 heavy (non-hydrogen) atoms. The molecule has 0 spiro atoms. The lowest BCUT2D eigenvalue weighted by molar-refractivity contribution is -0.138. The third-order valence-electron chi connectivity index (χ3n) is 3.50. The van der Waals surface area contributed by atoms with Crippen LogP contribution in [0.3, 0.4) is 0 Å². The van der Waals surface area contributed by atoms with Gasteiger partial charge in [0, 0.05) is 5.56 Å². The van der Waals surface area contributed by atoms with Gasteiger partial charge in [-0.2, -0.15) is 0 Å². The second kappa shape index (κ2) is 6.31. The monoisotopic (exact) mass is 286 g/mol. The molecule has 4 heteroatoms. The number of carboxylic acids is 1. The number of aliphatic carboxylic acids is 1. The smallest absolute Gasteiger partial charge is 0.310 e. The first-order valence-corrected chi connectivity index (χ1v) is 6.62. The Kier molecular flexibility index (Phi) is 4.48. The highest BCUT2D eigenvalue weighted by atomic mass is 16.5. The molecule has 0 bridgehead atoms. The molecule has 0 amide bonds. The first kappa shape index (κ1) is 14.9. The van der Waals surface area contributed by atoms with Crippen molar-refractivity contribution in [2.24, 2.45) is 0 Å². The number of benzene rings is 2. The van der Waals surface area contributed by atoms with Crippen LogP contribution in [0.2, 0.25) is 0 Å². The molecule has 1 atom stereocenters. The van der Waals surface area contributed by atoms with Crippen molar-refractivity contribution >= 4 is 5.97 Å². The fourth-order valence-electron chi connectivity index (χ4n) is 2.13. The lowest BCUT2D eigenvalue weighted by atomic mass is 9.96. The van der Waals surface area contributed by atoms with E-state index in [0.717, 1.165) is 22.4 Å². The van der Waals surface area contributed by atoms with E-state index in [0.29, 0.717) is 5.75 Å². The van der Waals surface area contributed by atoms with Crippen LogP contribution < -0.4 is 9.47 Å². The van der Waals surface area contributed by atoms with E-state index in [-0.39, 0.29) is 0 Å². The standard InChI is InChI=1S/C17H18O4/c1-11(17(18)19)13-6-9-15(16(10-13)21-3)12-4-7-14(20-2)8-5-12/h4-11H,1-3H3,(H,18,19). The van der Waals surface area contributed by atoms with Crippen LogP contribution in [0.15, 0.2) is 42.5 Å². The maximum atomic E-state index is 11.1. The number of carbonyl (C=O) groups is 1.